The average molecular weight is 302 g/mol. The van der Waals surface area contributed by atoms with Gasteiger partial charge >= 0.3 is 0 Å². The highest BCUT2D eigenvalue weighted by atomic mass is 32.2. The summed E-state index contributed by atoms with van der Waals surface area (Å²) >= 11 is 1.38. The van der Waals surface area contributed by atoms with Crippen LogP contribution >= 0.6 is 11.3 Å². The molecule has 1 N–H and O–H groups in total. The first-order chi connectivity index (χ1) is 9.05. The molecule has 1 saturated heterocycles. The Balaban J connectivity index is 2.16. The zero-order chi connectivity index (χ0) is 13.9. The second-order valence-corrected chi connectivity index (χ2v) is 8.25. The molecule has 2 heterocycles. The largest absolute Gasteiger partial charge is 0.312 e. The van der Waals surface area contributed by atoms with Crippen molar-refractivity contribution in [2.24, 2.45) is 0 Å². The Morgan fingerprint density at radius 1 is 1.42 bits per heavy atom. The van der Waals surface area contributed by atoms with Crippen LogP contribution in [0.25, 0.3) is 0 Å². The van der Waals surface area contributed by atoms with Gasteiger partial charge in [0.25, 0.3) is 10.0 Å². The van der Waals surface area contributed by atoms with E-state index in [0.717, 1.165) is 37.2 Å². The van der Waals surface area contributed by atoms with Crippen LogP contribution in [0.1, 0.15) is 38.0 Å². The molecule has 108 valence electrons. The van der Waals surface area contributed by atoms with Crippen molar-refractivity contribution in [3.8, 4) is 0 Å². The molecule has 0 spiro atoms. The number of sulfonamides is 1. The molecule has 19 heavy (non-hydrogen) atoms. The van der Waals surface area contributed by atoms with Crippen LogP contribution in [0.2, 0.25) is 0 Å². The first kappa shape index (κ1) is 15.0. The third-order valence-corrected chi connectivity index (χ3v) is 7.06. The molecule has 4 nitrogen and oxygen atoms in total. The molecule has 1 unspecified atom stereocenters. The Morgan fingerprint density at radius 3 is 2.89 bits per heavy atom. The van der Waals surface area contributed by atoms with E-state index in [-0.39, 0.29) is 6.04 Å². The van der Waals surface area contributed by atoms with Crippen molar-refractivity contribution in [2.75, 3.05) is 13.1 Å². The maximum Gasteiger partial charge on any atom is 0.252 e. The Kier molecular flexibility index (Phi) is 5.00. The van der Waals surface area contributed by atoms with Crippen LogP contribution in [0.5, 0.6) is 0 Å². The standard InChI is InChI=1S/C13H22N2O2S2/c1-3-14-10-12-7-8-13(18-12)19(16,17)15-9-5-4-6-11(15)2/h7-8,11,14H,3-6,9-10H2,1-2H3. The topological polar surface area (TPSA) is 49.4 Å². The van der Waals surface area contributed by atoms with E-state index in [0.29, 0.717) is 10.8 Å². The zero-order valence-corrected chi connectivity index (χ0v) is 13.2. The Morgan fingerprint density at radius 2 is 2.21 bits per heavy atom. The lowest BCUT2D eigenvalue weighted by atomic mass is 10.1. The van der Waals surface area contributed by atoms with Gasteiger partial charge in [0, 0.05) is 24.0 Å². The highest BCUT2D eigenvalue weighted by Crippen LogP contribution is 2.29. The van der Waals surface area contributed by atoms with Crippen LogP contribution in [0.15, 0.2) is 16.3 Å². The van der Waals surface area contributed by atoms with Crippen LogP contribution in [0.3, 0.4) is 0 Å². The molecule has 0 aromatic carbocycles. The number of hydrogen-bond acceptors (Lipinski definition) is 4. The summed E-state index contributed by atoms with van der Waals surface area (Å²) in [5, 5.41) is 3.22. The van der Waals surface area contributed by atoms with Gasteiger partial charge < -0.3 is 5.32 Å². The first-order valence-electron chi connectivity index (χ1n) is 6.87. The van der Waals surface area contributed by atoms with Crippen LogP contribution in [0.4, 0.5) is 0 Å². The van der Waals surface area contributed by atoms with Gasteiger partial charge in [-0.05, 0) is 38.4 Å². The van der Waals surface area contributed by atoms with Crippen molar-refractivity contribution in [2.45, 2.75) is 49.9 Å². The molecule has 1 aliphatic heterocycles. The summed E-state index contributed by atoms with van der Waals surface area (Å²) in [7, 11) is -3.29. The number of hydrogen-bond donors (Lipinski definition) is 1. The summed E-state index contributed by atoms with van der Waals surface area (Å²) in [6.07, 6.45) is 3.07. The monoisotopic (exact) mass is 302 g/mol. The first-order valence-corrected chi connectivity index (χ1v) is 9.12. The summed E-state index contributed by atoms with van der Waals surface area (Å²) < 4.78 is 27.3. The van der Waals surface area contributed by atoms with Crippen LogP contribution < -0.4 is 5.32 Å². The molecule has 6 heteroatoms. The summed E-state index contributed by atoms with van der Waals surface area (Å²) in [5.41, 5.74) is 0. The zero-order valence-electron chi connectivity index (χ0n) is 11.6. The quantitative estimate of drug-likeness (QED) is 0.909. The van der Waals surface area contributed by atoms with Gasteiger partial charge in [-0.25, -0.2) is 8.42 Å². The molecule has 0 radical (unpaired) electrons. The molecule has 2 rings (SSSR count). The lowest BCUT2D eigenvalue weighted by Crippen LogP contribution is -2.41. The molecule has 1 atom stereocenters. The minimum Gasteiger partial charge on any atom is -0.312 e. The second-order valence-electron chi connectivity index (χ2n) is 4.96. The van der Waals surface area contributed by atoms with E-state index in [1.54, 1.807) is 10.4 Å². The summed E-state index contributed by atoms with van der Waals surface area (Å²) in [5.74, 6) is 0. The SMILES string of the molecule is CCNCc1ccc(S(=O)(=O)N2CCCCC2C)s1. The molecular formula is C13H22N2O2S2. The molecule has 0 saturated carbocycles. The van der Waals surface area contributed by atoms with E-state index in [2.05, 4.69) is 5.32 Å². The Hall–Kier alpha value is -0.430. The van der Waals surface area contributed by atoms with E-state index in [9.17, 15) is 8.42 Å². The third-order valence-electron chi connectivity index (χ3n) is 3.49. The van der Waals surface area contributed by atoms with Crippen molar-refractivity contribution in [3.63, 3.8) is 0 Å². The van der Waals surface area contributed by atoms with Crippen molar-refractivity contribution in [1.82, 2.24) is 9.62 Å². The normalized spacial score (nSPS) is 21.7. The number of nitrogens with zero attached hydrogens (tertiary/aromatic N) is 1. The predicted octanol–water partition coefficient (Wildman–Crippen LogP) is 2.42. The molecule has 1 fully saturated rings. The van der Waals surface area contributed by atoms with Crippen LogP contribution in [-0.2, 0) is 16.6 Å². The van der Waals surface area contributed by atoms with Gasteiger partial charge in [0.1, 0.15) is 4.21 Å². The maximum absolute atomic E-state index is 12.6. The van der Waals surface area contributed by atoms with Crippen molar-refractivity contribution in [3.05, 3.63) is 17.0 Å². The van der Waals surface area contributed by atoms with E-state index in [4.69, 9.17) is 0 Å². The summed E-state index contributed by atoms with van der Waals surface area (Å²) in [4.78, 5) is 1.07. The highest BCUT2D eigenvalue weighted by molar-refractivity contribution is 7.91. The lowest BCUT2D eigenvalue weighted by molar-refractivity contribution is 0.269. The minimum atomic E-state index is -3.29. The molecule has 1 aromatic heterocycles. The highest BCUT2D eigenvalue weighted by Gasteiger charge is 2.31. The molecule has 0 bridgehead atoms. The fraction of sp³-hybridized carbons (Fsp3) is 0.692. The maximum atomic E-state index is 12.6. The fourth-order valence-corrected chi connectivity index (χ4v) is 5.54. The van der Waals surface area contributed by atoms with E-state index in [1.165, 1.54) is 11.3 Å². The summed E-state index contributed by atoms with van der Waals surface area (Å²) in [6.45, 7) is 6.34. The van der Waals surface area contributed by atoms with Crippen molar-refractivity contribution in [1.29, 1.82) is 0 Å². The molecule has 1 aromatic rings. The second kappa shape index (κ2) is 6.35. The number of piperidine rings is 1. The lowest BCUT2D eigenvalue weighted by Gasteiger charge is -2.31. The predicted molar refractivity (Wildman–Crippen MR) is 78.9 cm³/mol. The van der Waals surface area contributed by atoms with Crippen molar-refractivity contribution >= 4 is 21.4 Å². The van der Waals surface area contributed by atoms with Gasteiger partial charge in [-0.3, -0.25) is 0 Å². The average Bonchev–Trinajstić information content (AvgIpc) is 2.86. The van der Waals surface area contributed by atoms with Crippen LogP contribution in [-0.4, -0.2) is 31.9 Å². The van der Waals surface area contributed by atoms with Gasteiger partial charge in [0.2, 0.25) is 0 Å². The smallest absolute Gasteiger partial charge is 0.252 e. The van der Waals surface area contributed by atoms with Gasteiger partial charge in [-0.1, -0.05) is 13.3 Å². The molecular weight excluding hydrogens is 280 g/mol. The molecule has 1 aliphatic rings. The van der Waals surface area contributed by atoms with E-state index in [1.807, 2.05) is 19.9 Å². The minimum absolute atomic E-state index is 0.123. The summed E-state index contributed by atoms with van der Waals surface area (Å²) in [6, 6.07) is 3.78. The molecule has 0 aliphatic carbocycles. The van der Waals surface area contributed by atoms with Gasteiger partial charge in [0.05, 0.1) is 0 Å². The Bertz CT molecular complexity index is 510. The fourth-order valence-electron chi connectivity index (χ4n) is 2.38. The van der Waals surface area contributed by atoms with Gasteiger partial charge in [0.15, 0.2) is 0 Å². The van der Waals surface area contributed by atoms with E-state index < -0.39 is 10.0 Å². The van der Waals surface area contributed by atoms with Crippen molar-refractivity contribution < 1.29 is 8.42 Å². The Labute approximate surface area is 119 Å². The van der Waals surface area contributed by atoms with Crippen LogP contribution in [0, 0.1) is 0 Å². The van der Waals surface area contributed by atoms with Gasteiger partial charge in [-0.15, -0.1) is 11.3 Å². The third kappa shape index (κ3) is 3.37. The number of rotatable bonds is 5. The number of thiophene rings is 1. The van der Waals surface area contributed by atoms with E-state index >= 15 is 0 Å². The number of nitrogens with one attached hydrogen (secondary N) is 1. The molecule has 0 amide bonds. The van der Waals surface area contributed by atoms with Gasteiger partial charge in [-0.2, -0.15) is 4.31 Å².